The summed E-state index contributed by atoms with van der Waals surface area (Å²) in [6, 6.07) is 3.34. The minimum absolute atomic E-state index is 0.0998. The van der Waals surface area contributed by atoms with Crippen molar-refractivity contribution in [3.05, 3.63) is 56.9 Å². The molecule has 0 radical (unpaired) electrons. The molecule has 1 aromatic carbocycles. The zero-order chi connectivity index (χ0) is 17.8. The van der Waals surface area contributed by atoms with Crippen molar-refractivity contribution in [2.24, 2.45) is 0 Å². The summed E-state index contributed by atoms with van der Waals surface area (Å²) < 4.78 is 29.2. The lowest BCUT2D eigenvalue weighted by molar-refractivity contribution is 0.400. The van der Waals surface area contributed by atoms with Crippen molar-refractivity contribution in [2.75, 3.05) is 4.72 Å². The smallest absolute Gasteiger partial charge is 0.302 e. The standard InChI is InChI=1S/C15H11Cl3N4O2S/c16-10-1-2-19-4-9(10)7-22-6-8-3-11(17)13-12(18)5-20-15(13)14(8)21-25(22,23)24/h1-5,20-21H,6-7H2. The third-order valence-electron chi connectivity index (χ3n) is 4.05. The first-order valence-electron chi connectivity index (χ1n) is 7.21. The fourth-order valence-corrected chi connectivity index (χ4v) is 4.89. The van der Waals surface area contributed by atoms with E-state index in [4.69, 9.17) is 34.8 Å². The fraction of sp³-hybridized carbons (Fsp3) is 0.133. The molecule has 0 aliphatic carbocycles. The van der Waals surface area contributed by atoms with Crippen LogP contribution in [0.4, 0.5) is 5.69 Å². The quantitative estimate of drug-likeness (QED) is 0.656. The van der Waals surface area contributed by atoms with Crippen LogP contribution in [-0.2, 0) is 23.3 Å². The molecule has 3 aromatic rings. The number of nitrogens with one attached hydrogen (secondary N) is 2. The van der Waals surface area contributed by atoms with Crippen LogP contribution in [0.2, 0.25) is 15.1 Å². The Bertz CT molecular complexity index is 1100. The first-order chi connectivity index (χ1) is 11.9. The third kappa shape index (κ3) is 2.86. The summed E-state index contributed by atoms with van der Waals surface area (Å²) in [5.74, 6) is 0. The zero-order valence-electron chi connectivity index (χ0n) is 12.6. The van der Waals surface area contributed by atoms with E-state index in [1.807, 2.05) is 0 Å². The van der Waals surface area contributed by atoms with Gasteiger partial charge in [-0.3, -0.25) is 9.71 Å². The van der Waals surface area contributed by atoms with Crippen LogP contribution in [0.5, 0.6) is 0 Å². The molecule has 1 aliphatic rings. The van der Waals surface area contributed by atoms with Gasteiger partial charge in [-0.2, -0.15) is 12.7 Å². The van der Waals surface area contributed by atoms with Crippen LogP contribution in [0, 0.1) is 0 Å². The van der Waals surface area contributed by atoms with Crippen LogP contribution in [0.25, 0.3) is 10.9 Å². The molecule has 6 nitrogen and oxygen atoms in total. The van der Waals surface area contributed by atoms with Crippen LogP contribution in [0.15, 0.2) is 30.7 Å². The van der Waals surface area contributed by atoms with Gasteiger partial charge in [-0.15, -0.1) is 0 Å². The van der Waals surface area contributed by atoms with Gasteiger partial charge in [-0.1, -0.05) is 34.8 Å². The Morgan fingerprint density at radius 2 is 2.00 bits per heavy atom. The Hall–Kier alpha value is -1.51. The maximum Gasteiger partial charge on any atom is 0.302 e. The average Bonchev–Trinajstić information content (AvgIpc) is 2.94. The van der Waals surface area contributed by atoms with Gasteiger partial charge in [-0.25, -0.2) is 0 Å². The van der Waals surface area contributed by atoms with Crippen molar-refractivity contribution in [3.8, 4) is 0 Å². The van der Waals surface area contributed by atoms with Gasteiger partial charge in [0.15, 0.2) is 0 Å². The largest absolute Gasteiger partial charge is 0.358 e. The molecule has 10 heteroatoms. The first-order valence-corrected chi connectivity index (χ1v) is 9.78. The topological polar surface area (TPSA) is 78.1 Å². The second kappa shape index (κ2) is 6.03. The van der Waals surface area contributed by atoms with E-state index in [1.165, 1.54) is 4.31 Å². The second-order valence-corrected chi connectivity index (χ2v) is 8.51. The van der Waals surface area contributed by atoms with Gasteiger partial charge < -0.3 is 4.98 Å². The van der Waals surface area contributed by atoms with Crippen LogP contribution in [0.3, 0.4) is 0 Å². The van der Waals surface area contributed by atoms with Gasteiger partial charge in [-0.05, 0) is 17.7 Å². The molecule has 0 unspecified atom stereocenters. The molecular formula is C15H11Cl3N4O2S. The normalized spacial score (nSPS) is 16.6. The molecule has 4 rings (SSSR count). The van der Waals surface area contributed by atoms with Crippen LogP contribution >= 0.6 is 34.8 Å². The van der Waals surface area contributed by atoms with E-state index in [1.54, 1.807) is 30.7 Å². The van der Waals surface area contributed by atoms with Gasteiger partial charge in [0.1, 0.15) is 0 Å². The molecule has 0 saturated carbocycles. The van der Waals surface area contributed by atoms with Crippen LogP contribution in [0.1, 0.15) is 11.1 Å². The Balaban J connectivity index is 1.79. The van der Waals surface area contributed by atoms with Crippen molar-refractivity contribution >= 4 is 61.6 Å². The van der Waals surface area contributed by atoms with Gasteiger partial charge >= 0.3 is 10.2 Å². The summed E-state index contributed by atoms with van der Waals surface area (Å²) in [7, 11) is -3.76. The molecule has 0 atom stereocenters. The van der Waals surface area contributed by atoms with E-state index in [0.717, 1.165) is 5.56 Å². The number of halogens is 3. The number of hydrogen-bond donors (Lipinski definition) is 2. The summed E-state index contributed by atoms with van der Waals surface area (Å²) in [5.41, 5.74) is 2.38. The number of benzene rings is 1. The van der Waals surface area contributed by atoms with E-state index in [9.17, 15) is 8.42 Å². The highest BCUT2D eigenvalue weighted by molar-refractivity contribution is 7.90. The van der Waals surface area contributed by atoms with E-state index >= 15 is 0 Å². The molecular weight excluding hydrogens is 407 g/mol. The van der Waals surface area contributed by atoms with Crippen molar-refractivity contribution < 1.29 is 8.42 Å². The number of fused-ring (bicyclic) bond motifs is 3. The summed E-state index contributed by atoms with van der Waals surface area (Å²) in [5, 5.41) is 1.95. The fourth-order valence-electron chi connectivity index (χ4n) is 2.85. The highest BCUT2D eigenvalue weighted by atomic mass is 35.5. The van der Waals surface area contributed by atoms with Crippen LogP contribution < -0.4 is 4.72 Å². The molecule has 0 saturated heterocycles. The summed E-state index contributed by atoms with van der Waals surface area (Å²) >= 11 is 18.6. The van der Waals surface area contributed by atoms with Gasteiger partial charge in [0, 0.05) is 47.7 Å². The zero-order valence-corrected chi connectivity index (χ0v) is 15.6. The molecule has 0 fully saturated rings. The van der Waals surface area contributed by atoms with Gasteiger partial charge in [0.25, 0.3) is 0 Å². The summed E-state index contributed by atoms with van der Waals surface area (Å²) in [6.07, 6.45) is 4.68. The minimum atomic E-state index is -3.76. The monoisotopic (exact) mass is 416 g/mol. The van der Waals surface area contributed by atoms with Gasteiger partial charge in [0.2, 0.25) is 0 Å². The maximum absolute atomic E-state index is 12.7. The number of pyridine rings is 1. The number of nitrogens with zero attached hydrogens (tertiary/aromatic N) is 2. The lowest BCUT2D eigenvalue weighted by Crippen LogP contribution is -2.39. The van der Waals surface area contributed by atoms with E-state index in [-0.39, 0.29) is 13.1 Å². The molecule has 0 bridgehead atoms. The van der Waals surface area contributed by atoms with E-state index in [2.05, 4.69) is 14.7 Å². The minimum Gasteiger partial charge on any atom is -0.358 e. The molecule has 3 heterocycles. The Morgan fingerprint density at radius 3 is 2.76 bits per heavy atom. The number of hydrogen-bond acceptors (Lipinski definition) is 3. The van der Waals surface area contributed by atoms with Crippen molar-refractivity contribution in [1.82, 2.24) is 14.3 Å². The van der Waals surface area contributed by atoms with Crippen molar-refractivity contribution in [3.63, 3.8) is 0 Å². The number of aromatic amines is 1. The van der Waals surface area contributed by atoms with Crippen molar-refractivity contribution in [2.45, 2.75) is 13.1 Å². The predicted molar refractivity (Wildman–Crippen MR) is 99.4 cm³/mol. The molecule has 2 aromatic heterocycles. The number of rotatable bonds is 2. The Labute approximate surface area is 158 Å². The number of anilines is 1. The third-order valence-corrected chi connectivity index (χ3v) is 6.42. The first kappa shape index (κ1) is 16.9. The number of H-pyrrole nitrogens is 1. The SMILES string of the molecule is O=S1(=O)Nc2c(cc(Cl)c3c(Cl)c[nH]c23)CN1Cc1cnccc1Cl. The summed E-state index contributed by atoms with van der Waals surface area (Å²) in [6.45, 7) is 0.255. The van der Waals surface area contributed by atoms with Crippen molar-refractivity contribution in [1.29, 1.82) is 0 Å². The maximum atomic E-state index is 12.7. The summed E-state index contributed by atoms with van der Waals surface area (Å²) in [4.78, 5) is 6.97. The second-order valence-electron chi connectivity index (χ2n) is 5.62. The van der Waals surface area contributed by atoms with E-state index < -0.39 is 10.2 Å². The molecule has 25 heavy (non-hydrogen) atoms. The molecule has 130 valence electrons. The Morgan fingerprint density at radius 1 is 1.20 bits per heavy atom. The number of aromatic nitrogens is 2. The lowest BCUT2D eigenvalue weighted by atomic mass is 10.1. The highest BCUT2D eigenvalue weighted by Gasteiger charge is 2.32. The molecule has 0 amide bonds. The molecule has 0 spiro atoms. The molecule has 2 N–H and O–H groups in total. The predicted octanol–water partition coefficient (Wildman–Crippen LogP) is 4.20. The lowest BCUT2D eigenvalue weighted by Gasteiger charge is -2.30. The van der Waals surface area contributed by atoms with E-state index in [0.29, 0.717) is 37.2 Å². The highest BCUT2D eigenvalue weighted by Crippen LogP contribution is 2.40. The average molecular weight is 418 g/mol. The van der Waals surface area contributed by atoms with Gasteiger partial charge in [0.05, 0.1) is 21.2 Å². The Kier molecular flexibility index (Phi) is 4.09. The molecule has 1 aliphatic heterocycles. The van der Waals surface area contributed by atoms with Crippen LogP contribution in [-0.4, -0.2) is 22.7 Å².